The monoisotopic (exact) mass is 202 g/mol. The standard InChI is InChI=1S/C7H11ClN4O/c1-12(2)4-7(13)9-6-3-5(8)10-11-6/h3H,4H2,1-2H3,(H2,9,10,11,13). The van der Waals surface area contributed by atoms with Crippen molar-refractivity contribution in [1.82, 2.24) is 15.1 Å². The van der Waals surface area contributed by atoms with E-state index < -0.39 is 0 Å². The molecule has 72 valence electrons. The molecule has 0 atom stereocenters. The molecule has 13 heavy (non-hydrogen) atoms. The van der Waals surface area contributed by atoms with Crippen LogP contribution in [0.15, 0.2) is 6.07 Å². The summed E-state index contributed by atoms with van der Waals surface area (Å²) in [5.41, 5.74) is 0. The van der Waals surface area contributed by atoms with Crippen LogP contribution in [0.4, 0.5) is 5.82 Å². The van der Waals surface area contributed by atoms with E-state index in [-0.39, 0.29) is 5.91 Å². The minimum atomic E-state index is -0.117. The Balaban J connectivity index is 2.45. The fourth-order valence-corrected chi connectivity index (χ4v) is 0.977. The summed E-state index contributed by atoms with van der Waals surface area (Å²) >= 11 is 5.57. The number of amides is 1. The topological polar surface area (TPSA) is 61.0 Å². The van der Waals surface area contributed by atoms with E-state index in [9.17, 15) is 4.79 Å². The summed E-state index contributed by atoms with van der Waals surface area (Å²) < 4.78 is 0. The Morgan fingerprint density at radius 1 is 1.77 bits per heavy atom. The highest BCUT2D eigenvalue weighted by molar-refractivity contribution is 6.29. The lowest BCUT2D eigenvalue weighted by atomic mass is 10.5. The Morgan fingerprint density at radius 2 is 2.46 bits per heavy atom. The van der Waals surface area contributed by atoms with Crippen molar-refractivity contribution in [1.29, 1.82) is 0 Å². The molecule has 1 amide bonds. The average Bonchev–Trinajstić information content (AvgIpc) is 2.33. The van der Waals surface area contributed by atoms with Gasteiger partial charge in [0, 0.05) is 6.07 Å². The zero-order valence-electron chi connectivity index (χ0n) is 7.47. The first-order valence-electron chi connectivity index (χ1n) is 3.73. The SMILES string of the molecule is CN(C)CC(=O)Nc1cc(Cl)[nH]n1. The Labute approximate surface area is 81.1 Å². The van der Waals surface area contributed by atoms with Crippen LogP contribution in [-0.4, -0.2) is 41.6 Å². The van der Waals surface area contributed by atoms with Crippen LogP contribution in [0.2, 0.25) is 5.15 Å². The van der Waals surface area contributed by atoms with Crippen LogP contribution in [-0.2, 0) is 4.79 Å². The van der Waals surface area contributed by atoms with E-state index in [0.717, 1.165) is 0 Å². The van der Waals surface area contributed by atoms with Crippen molar-refractivity contribution in [2.24, 2.45) is 0 Å². The second kappa shape index (κ2) is 4.25. The van der Waals surface area contributed by atoms with Crippen molar-refractivity contribution < 1.29 is 4.79 Å². The van der Waals surface area contributed by atoms with Crippen molar-refractivity contribution >= 4 is 23.3 Å². The third-order valence-corrected chi connectivity index (χ3v) is 1.47. The van der Waals surface area contributed by atoms with Gasteiger partial charge in [0.05, 0.1) is 6.54 Å². The van der Waals surface area contributed by atoms with Crippen molar-refractivity contribution in [2.45, 2.75) is 0 Å². The fourth-order valence-electron chi connectivity index (χ4n) is 0.832. The Hall–Kier alpha value is -1.07. The van der Waals surface area contributed by atoms with Gasteiger partial charge in [0.2, 0.25) is 5.91 Å². The summed E-state index contributed by atoms with van der Waals surface area (Å²) in [6.45, 7) is 0.324. The van der Waals surface area contributed by atoms with Gasteiger partial charge in [-0.1, -0.05) is 11.6 Å². The van der Waals surface area contributed by atoms with Crippen LogP contribution in [0.3, 0.4) is 0 Å². The first-order valence-corrected chi connectivity index (χ1v) is 4.11. The molecule has 5 nitrogen and oxygen atoms in total. The lowest BCUT2D eigenvalue weighted by Crippen LogP contribution is -2.27. The summed E-state index contributed by atoms with van der Waals surface area (Å²) in [5.74, 6) is 0.324. The molecule has 0 radical (unpaired) electrons. The molecule has 0 aliphatic heterocycles. The van der Waals surface area contributed by atoms with Gasteiger partial charge in [0.15, 0.2) is 5.82 Å². The van der Waals surface area contributed by atoms with E-state index in [1.165, 1.54) is 0 Å². The van der Waals surface area contributed by atoms with E-state index >= 15 is 0 Å². The quantitative estimate of drug-likeness (QED) is 0.753. The molecule has 0 aliphatic rings. The number of nitrogens with zero attached hydrogens (tertiary/aromatic N) is 2. The van der Waals surface area contributed by atoms with Gasteiger partial charge in [-0.3, -0.25) is 9.89 Å². The molecule has 0 aliphatic carbocycles. The van der Waals surface area contributed by atoms with Crippen LogP contribution >= 0.6 is 11.6 Å². The van der Waals surface area contributed by atoms with Crippen LogP contribution in [0, 0.1) is 0 Å². The molecule has 0 bridgehead atoms. The minimum absolute atomic E-state index is 0.117. The van der Waals surface area contributed by atoms with Crippen LogP contribution < -0.4 is 5.32 Å². The van der Waals surface area contributed by atoms with Gasteiger partial charge in [-0.15, -0.1) is 0 Å². The molecular weight excluding hydrogens is 192 g/mol. The molecule has 2 N–H and O–H groups in total. The molecule has 0 saturated heterocycles. The molecule has 1 aromatic rings. The number of carbonyl (C=O) groups is 1. The molecule has 0 spiro atoms. The van der Waals surface area contributed by atoms with Gasteiger partial charge < -0.3 is 10.2 Å². The van der Waals surface area contributed by atoms with Gasteiger partial charge in [0.25, 0.3) is 0 Å². The zero-order chi connectivity index (χ0) is 9.84. The smallest absolute Gasteiger partial charge is 0.239 e. The number of aromatic nitrogens is 2. The molecule has 1 aromatic heterocycles. The second-order valence-corrected chi connectivity index (χ2v) is 3.29. The van der Waals surface area contributed by atoms with Crippen LogP contribution in [0.5, 0.6) is 0 Å². The van der Waals surface area contributed by atoms with Gasteiger partial charge in [-0.05, 0) is 14.1 Å². The van der Waals surface area contributed by atoms with E-state index in [4.69, 9.17) is 11.6 Å². The van der Waals surface area contributed by atoms with E-state index in [1.54, 1.807) is 11.0 Å². The van der Waals surface area contributed by atoms with Crippen molar-refractivity contribution in [3.05, 3.63) is 11.2 Å². The summed E-state index contributed by atoms with van der Waals surface area (Å²) in [5, 5.41) is 9.26. The number of nitrogens with one attached hydrogen (secondary N) is 2. The maximum Gasteiger partial charge on any atom is 0.239 e. The molecule has 0 unspecified atom stereocenters. The molecule has 0 aromatic carbocycles. The zero-order valence-corrected chi connectivity index (χ0v) is 8.22. The average molecular weight is 203 g/mol. The van der Waals surface area contributed by atoms with Crippen LogP contribution in [0.25, 0.3) is 0 Å². The summed E-state index contributed by atoms with van der Waals surface area (Å²) in [4.78, 5) is 12.9. The lowest BCUT2D eigenvalue weighted by Gasteiger charge is -2.07. The highest BCUT2D eigenvalue weighted by atomic mass is 35.5. The number of anilines is 1. The predicted molar refractivity (Wildman–Crippen MR) is 50.8 cm³/mol. The number of hydrogen-bond donors (Lipinski definition) is 2. The number of aromatic amines is 1. The number of likely N-dealkylation sites (N-methyl/N-ethyl adjacent to an activating group) is 1. The van der Waals surface area contributed by atoms with E-state index in [0.29, 0.717) is 17.5 Å². The first kappa shape index (κ1) is 10.0. The number of hydrogen-bond acceptors (Lipinski definition) is 3. The number of carbonyl (C=O) groups excluding carboxylic acids is 1. The maximum atomic E-state index is 11.2. The summed E-state index contributed by atoms with van der Waals surface area (Å²) in [6.07, 6.45) is 0. The Kier molecular flexibility index (Phi) is 3.27. The summed E-state index contributed by atoms with van der Waals surface area (Å²) in [6, 6.07) is 1.55. The van der Waals surface area contributed by atoms with Gasteiger partial charge in [0.1, 0.15) is 5.15 Å². The molecule has 0 fully saturated rings. The normalized spacial score (nSPS) is 10.5. The third-order valence-electron chi connectivity index (χ3n) is 1.27. The van der Waals surface area contributed by atoms with Gasteiger partial charge >= 0.3 is 0 Å². The van der Waals surface area contributed by atoms with Crippen LogP contribution in [0.1, 0.15) is 0 Å². The molecule has 1 rings (SSSR count). The highest BCUT2D eigenvalue weighted by Crippen LogP contribution is 2.09. The Morgan fingerprint density at radius 3 is 2.92 bits per heavy atom. The number of rotatable bonds is 3. The molecular formula is C7H11ClN4O. The highest BCUT2D eigenvalue weighted by Gasteiger charge is 2.05. The first-order chi connectivity index (χ1) is 6.08. The summed E-state index contributed by atoms with van der Waals surface area (Å²) in [7, 11) is 3.63. The molecule has 1 heterocycles. The Bertz CT molecular complexity index is 296. The lowest BCUT2D eigenvalue weighted by molar-refractivity contribution is -0.116. The second-order valence-electron chi connectivity index (χ2n) is 2.89. The van der Waals surface area contributed by atoms with Gasteiger partial charge in [-0.2, -0.15) is 5.10 Å². The maximum absolute atomic E-state index is 11.2. The van der Waals surface area contributed by atoms with Crippen molar-refractivity contribution in [2.75, 3.05) is 26.0 Å². The van der Waals surface area contributed by atoms with Crippen molar-refractivity contribution in [3.63, 3.8) is 0 Å². The van der Waals surface area contributed by atoms with E-state index in [2.05, 4.69) is 15.5 Å². The van der Waals surface area contributed by atoms with E-state index in [1.807, 2.05) is 14.1 Å². The largest absolute Gasteiger partial charge is 0.308 e. The third kappa shape index (κ3) is 3.43. The fraction of sp³-hybridized carbons (Fsp3) is 0.429. The minimum Gasteiger partial charge on any atom is -0.308 e. The number of H-pyrrole nitrogens is 1. The number of halogens is 1. The predicted octanol–water partition coefficient (Wildman–Crippen LogP) is 0.563. The van der Waals surface area contributed by atoms with Crippen molar-refractivity contribution in [3.8, 4) is 0 Å². The molecule has 6 heteroatoms. The van der Waals surface area contributed by atoms with Gasteiger partial charge in [-0.25, -0.2) is 0 Å². The molecule has 0 saturated carbocycles.